The highest BCUT2D eigenvalue weighted by molar-refractivity contribution is 6.00. The van der Waals surface area contributed by atoms with Crippen molar-refractivity contribution in [2.45, 2.75) is 13.0 Å². The second-order valence-electron chi connectivity index (χ2n) is 5.32. The number of aryl methyl sites for hydroxylation is 1. The largest absolute Gasteiger partial charge is 0.335 e. The quantitative estimate of drug-likeness (QED) is 0.655. The van der Waals surface area contributed by atoms with Crippen LogP contribution in [0, 0.1) is 6.92 Å². The van der Waals surface area contributed by atoms with Crippen molar-refractivity contribution in [3.63, 3.8) is 0 Å². The number of aromatic amines is 1. The lowest BCUT2D eigenvalue weighted by Gasteiger charge is -2.18. The lowest BCUT2D eigenvalue weighted by molar-refractivity contribution is -0.118. The van der Waals surface area contributed by atoms with Crippen LogP contribution in [0.4, 0.5) is 5.82 Å². The van der Waals surface area contributed by atoms with Crippen molar-refractivity contribution in [3.8, 4) is 0 Å². The molecule has 0 unspecified atom stereocenters. The first-order valence-corrected chi connectivity index (χ1v) is 7.58. The number of nitrogens with zero attached hydrogens (tertiary/aromatic N) is 3. The summed E-state index contributed by atoms with van der Waals surface area (Å²) in [5, 5.41) is 11.8. The Labute approximate surface area is 143 Å². The van der Waals surface area contributed by atoms with Gasteiger partial charge < -0.3 is 10.6 Å². The highest BCUT2D eigenvalue weighted by Gasteiger charge is 2.24. The molecule has 0 aliphatic rings. The Morgan fingerprint density at radius 2 is 1.88 bits per heavy atom. The van der Waals surface area contributed by atoms with Gasteiger partial charge in [0.2, 0.25) is 0 Å². The number of benzene rings is 1. The molecule has 0 spiro atoms. The van der Waals surface area contributed by atoms with E-state index in [1.54, 1.807) is 37.3 Å². The molecule has 1 atom stereocenters. The summed E-state index contributed by atoms with van der Waals surface area (Å²) < 4.78 is 0. The summed E-state index contributed by atoms with van der Waals surface area (Å²) >= 11 is 0. The number of H-pyrrole nitrogens is 1. The molecule has 8 nitrogen and oxygen atoms in total. The molecule has 2 aromatic heterocycles. The Morgan fingerprint density at radius 3 is 2.52 bits per heavy atom. The van der Waals surface area contributed by atoms with Gasteiger partial charge >= 0.3 is 0 Å². The summed E-state index contributed by atoms with van der Waals surface area (Å²) in [4.78, 5) is 33.1. The van der Waals surface area contributed by atoms with Crippen LogP contribution >= 0.6 is 0 Å². The van der Waals surface area contributed by atoms with Gasteiger partial charge in [0, 0.05) is 12.3 Å². The number of carbonyl (C=O) groups is 2. The first-order chi connectivity index (χ1) is 12.1. The van der Waals surface area contributed by atoms with E-state index in [0.717, 1.165) is 0 Å². The van der Waals surface area contributed by atoms with Gasteiger partial charge in [0.25, 0.3) is 11.8 Å². The van der Waals surface area contributed by atoms with Gasteiger partial charge in [0.05, 0.1) is 18.1 Å². The van der Waals surface area contributed by atoms with E-state index in [1.165, 1.54) is 18.6 Å². The van der Waals surface area contributed by atoms with Gasteiger partial charge in [0.1, 0.15) is 17.6 Å². The van der Waals surface area contributed by atoms with Crippen LogP contribution in [0.15, 0.2) is 55.0 Å². The van der Waals surface area contributed by atoms with Gasteiger partial charge in [-0.25, -0.2) is 4.98 Å². The van der Waals surface area contributed by atoms with Crippen molar-refractivity contribution >= 4 is 17.6 Å². The number of rotatable bonds is 5. The topological polar surface area (TPSA) is 113 Å². The summed E-state index contributed by atoms with van der Waals surface area (Å²) in [7, 11) is 0. The van der Waals surface area contributed by atoms with Crippen LogP contribution in [-0.2, 0) is 4.79 Å². The van der Waals surface area contributed by atoms with E-state index in [0.29, 0.717) is 17.1 Å². The van der Waals surface area contributed by atoms with Gasteiger partial charge in [-0.05, 0) is 12.5 Å². The van der Waals surface area contributed by atoms with Crippen LogP contribution in [0.3, 0.4) is 0 Å². The van der Waals surface area contributed by atoms with Crippen molar-refractivity contribution < 1.29 is 9.59 Å². The average molecular weight is 336 g/mol. The molecule has 126 valence electrons. The zero-order chi connectivity index (χ0) is 17.6. The minimum absolute atomic E-state index is 0.140. The second-order valence-corrected chi connectivity index (χ2v) is 5.32. The van der Waals surface area contributed by atoms with Crippen LogP contribution < -0.4 is 10.6 Å². The molecule has 8 heteroatoms. The number of amides is 2. The molecule has 0 saturated carbocycles. The Bertz CT molecular complexity index is 847. The standard InChI is InChI=1S/C17H16N6O2/c1-11-9-19-13(10-18-11)16(24)22-15(12-5-3-2-4-6-12)17(25)21-14-7-8-20-23-14/h2-10,15H,1H3,(H,22,24)(H2,20,21,23,25)/t15-/m1/s1. The van der Waals surface area contributed by atoms with E-state index in [9.17, 15) is 9.59 Å². The van der Waals surface area contributed by atoms with Crippen LogP contribution in [0.2, 0.25) is 0 Å². The molecule has 1 aromatic carbocycles. The van der Waals surface area contributed by atoms with Gasteiger partial charge in [-0.1, -0.05) is 30.3 Å². The number of nitrogens with one attached hydrogen (secondary N) is 3. The van der Waals surface area contributed by atoms with Crippen molar-refractivity contribution in [2.24, 2.45) is 0 Å². The summed E-state index contributed by atoms with van der Waals surface area (Å²) in [6, 6.07) is 9.68. The molecular weight excluding hydrogens is 320 g/mol. The molecule has 0 bridgehead atoms. The number of hydrogen-bond acceptors (Lipinski definition) is 5. The minimum atomic E-state index is -0.889. The summed E-state index contributed by atoms with van der Waals surface area (Å²) in [6.07, 6.45) is 4.39. The normalized spacial score (nSPS) is 11.6. The Hall–Kier alpha value is -3.55. The number of hydrogen-bond donors (Lipinski definition) is 3. The maximum atomic E-state index is 12.6. The molecular formula is C17H16N6O2. The molecule has 2 heterocycles. The highest BCUT2D eigenvalue weighted by atomic mass is 16.2. The lowest BCUT2D eigenvalue weighted by atomic mass is 10.1. The summed E-state index contributed by atoms with van der Waals surface area (Å²) in [5.41, 5.74) is 1.49. The smallest absolute Gasteiger partial charge is 0.272 e. The Morgan fingerprint density at radius 1 is 1.08 bits per heavy atom. The van der Waals surface area contributed by atoms with E-state index in [1.807, 2.05) is 6.07 Å². The van der Waals surface area contributed by atoms with Crippen molar-refractivity contribution in [3.05, 3.63) is 71.9 Å². The van der Waals surface area contributed by atoms with Crippen LogP contribution in [0.5, 0.6) is 0 Å². The van der Waals surface area contributed by atoms with Crippen molar-refractivity contribution in [1.82, 2.24) is 25.5 Å². The number of anilines is 1. The molecule has 3 rings (SSSR count). The third-order valence-corrected chi connectivity index (χ3v) is 3.44. The summed E-state index contributed by atoms with van der Waals surface area (Å²) in [6.45, 7) is 1.78. The lowest BCUT2D eigenvalue weighted by Crippen LogP contribution is -2.37. The maximum absolute atomic E-state index is 12.6. The third kappa shape index (κ3) is 4.05. The predicted octanol–water partition coefficient (Wildman–Crippen LogP) is 1.62. The van der Waals surface area contributed by atoms with Crippen LogP contribution in [-0.4, -0.2) is 32.0 Å². The van der Waals surface area contributed by atoms with E-state index in [4.69, 9.17) is 0 Å². The van der Waals surface area contributed by atoms with Crippen molar-refractivity contribution in [1.29, 1.82) is 0 Å². The van der Waals surface area contributed by atoms with Gasteiger partial charge in [-0.3, -0.25) is 19.7 Å². The first-order valence-electron chi connectivity index (χ1n) is 7.58. The van der Waals surface area contributed by atoms with Gasteiger partial charge in [-0.2, -0.15) is 5.10 Å². The number of carbonyl (C=O) groups excluding carboxylic acids is 2. The fourth-order valence-electron chi connectivity index (χ4n) is 2.19. The molecule has 25 heavy (non-hydrogen) atoms. The predicted molar refractivity (Wildman–Crippen MR) is 90.6 cm³/mol. The van der Waals surface area contributed by atoms with Gasteiger partial charge in [0.15, 0.2) is 0 Å². The van der Waals surface area contributed by atoms with E-state index in [-0.39, 0.29) is 5.69 Å². The van der Waals surface area contributed by atoms with Gasteiger partial charge in [-0.15, -0.1) is 0 Å². The maximum Gasteiger partial charge on any atom is 0.272 e. The highest BCUT2D eigenvalue weighted by Crippen LogP contribution is 2.15. The molecule has 3 N–H and O–H groups in total. The Balaban J connectivity index is 1.82. The third-order valence-electron chi connectivity index (χ3n) is 3.44. The molecule has 0 saturated heterocycles. The minimum Gasteiger partial charge on any atom is -0.335 e. The van der Waals surface area contributed by atoms with E-state index in [2.05, 4.69) is 30.8 Å². The average Bonchev–Trinajstić information content (AvgIpc) is 3.13. The zero-order valence-corrected chi connectivity index (χ0v) is 13.4. The molecule has 0 aliphatic carbocycles. The molecule has 2 amide bonds. The van der Waals surface area contributed by atoms with Crippen LogP contribution in [0.1, 0.15) is 27.8 Å². The van der Waals surface area contributed by atoms with E-state index < -0.39 is 17.9 Å². The van der Waals surface area contributed by atoms with E-state index >= 15 is 0 Å². The zero-order valence-electron chi connectivity index (χ0n) is 13.4. The van der Waals surface area contributed by atoms with Crippen LogP contribution in [0.25, 0.3) is 0 Å². The first kappa shape index (κ1) is 16.3. The molecule has 0 aliphatic heterocycles. The SMILES string of the molecule is Cc1cnc(C(=O)N[C@@H](C(=O)Nc2ccn[nH]2)c2ccccc2)cn1. The fraction of sp³-hybridized carbons (Fsp3) is 0.118. The molecule has 0 radical (unpaired) electrons. The monoisotopic (exact) mass is 336 g/mol. The molecule has 0 fully saturated rings. The number of aromatic nitrogens is 4. The fourth-order valence-corrected chi connectivity index (χ4v) is 2.19. The van der Waals surface area contributed by atoms with Crippen molar-refractivity contribution in [2.75, 3.05) is 5.32 Å². The molecule has 3 aromatic rings. The second kappa shape index (κ2) is 7.35. The Kier molecular flexibility index (Phi) is 4.79. The summed E-state index contributed by atoms with van der Waals surface area (Å²) in [5.74, 6) is -0.444.